The highest BCUT2D eigenvalue weighted by Gasteiger charge is 2.24. The molecule has 1 unspecified atom stereocenters. The minimum Gasteiger partial charge on any atom is -0.456 e. The van der Waals surface area contributed by atoms with Crippen molar-refractivity contribution in [3.05, 3.63) is 40.7 Å². The molecule has 2 amide bonds. The van der Waals surface area contributed by atoms with E-state index in [1.54, 1.807) is 19.1 Å². The van der Waals surface area contributed by atoms with Gasteiger partial charge >= 0.3 is 0 Å². The average Bonchev–Trinajstić information content (AvgIpc) is 3.24. The molecule has 1 atom stereocenters. The molecule has 0 bridgehead atoms. The Morgan fingerprint density at radius 3 is 2.62 bits per heavy atom. The molecule has 1 aliphatic heterocycles. The maximum Gasteiger partial charge on any atom is 0.287 e. The minimum atomic E-state index is -0.572. The maximum atomic E-state index is 12.4. The summed E-state index contributed by atoms with van der Waals surface area (Å²) in [6.07, 6.45) is 3.72. The molecule has 0 spiro atoms. The molecule has 2 aromatic heterocycles. The van der Waals surface area contributed by atoms with Gasteiger partial charge in [0.15, 0.2) is 5.76 Å². The maximum absolute atomic E-state index is 12.4. The van der Waals surface area contributed by atoms with Crippen LogP contribution in [0.1, 0.15) is 59.5 Å². The van der Waals surface area contributed by atoms with Crippen LogP contribution >= 0.6 is 0 Å². The number of hydrogen-bond acceptors (Lipinski definition) is 5. The van der Waals surface area contributed by atoms with E-state index in [4.69, 9.17) is 8.94 Å². The number of furan rings is 1. The highest BCUT2D eigenvalue weighted by atomic mass is 16.5. The second-order valence-electron chi connectivity index (χ2n) is 6.83. The van der Waals surface area contributed by atoms with E-state index in [1.165, 1.54) is 0 Å². The summed E-state index contributed by atoms with van der Waals surface area (Å²) >= 11 is 0. The number of likely N-dealkylation sites (tertiary alicyclic amines) is 1. The van der Waals surface area contributed by atoms with Gasteiger partial charge in [0.2, 0.25) is 5.91 Å². The van der Waals surface area contributed by atoms with E-state index in [0.717, 1.165) is 49.4 Å². The number of aromatic nitrogens is 1. The van der Waals surface area contributed by atoms with Gasteiger partial charge in [-0.3, -0.25) is 9.59 Å². The molecule has 7 nitrogen and oxygen atoms in total. The lowest BCUT2D eigenvalue weighted by atomic mass is 10.1. The Labute approximate surface area is 152 Å². The van der Waals surface area contributed by atoms with E-state index < -0.39 is 6.04 Å². The summed E-state index contributed by atoms with van der Waals surface area (Å²) in [6.45, 7) is 6.96. The third-order valence-electron chi connectivity index (χ3n) is 4.80. The number of carbonyl (C=O) groups excluding carboxylic acids is 2. The normalized spacial score (nSPS) is 15.7. The number of carbonyl (C=O) groups is 2. The fraction of sp³-hybridized carbons (Fsp3) is 0.526. The molecular weight excluding hydrogens is 334 g/mol. The summed E-state index contributed by atoms with van der Waals surface area (Å²) in [4.78, 5) is 26.6. The number of nitrogens with zero attached hydrogens (tertiary/aromatic N) is 2. The van der Waals surface area contributed by atoms with Crippen LogP contribution in [-0.4, -0.2) is 41.0 Å². The molecule has 2 aromatic rings. The summed E-state index contributed by atoms with van der Waals surface area (Å²) in [5, 5.41) is 6.65. The molecule has 3 rings (SSSR count). The van der Waals surface area contributed by atoms with Crippen LogP contribution in [-0.2, 0) is 11.2 Å². The van der Waals surface area contributed by atoms with Gasteiger partial charge in [0, 0.05) is 25.1 Å². The summed E-state index contributed by atoms with van der Waals surface area (Å²) in [5.74, 6) is 1.17. The molecule has 0 aromatic carbocycles. The van der Waals surface area contributed by atoms with Gasteiger partial charge in [-0.05, 0) is 52.2 Å². The lowest BCUT2D eigenvalue weighted by Crippen LogP contribution is -2.48. The number of aryl methyl sites for hydroxylation is 2. The van der Waals surface area contributed by atoms with Crippen molar-refractivity contribution in [2.24, 2.45) is 0 Å². The molecule has 140 valence electrons. The molecule has 0 radical (unpaired) electrons. The first-order chi connectivity index (χ1) is 12.5. The van der Waals surface area contributed by atoms with Gasteiger partial charge in [-0.2, -0.15) is 0 Å². The van der Waals surface area contributed by atoms with Crippen molar-refractivity contribution in [2.75, 3.05) is 13.1 Å². The van der Waals surface area contributed by atoms with Crippen LogP contribution in [0.5, 0.6) is 0 Å². The summed E-state index contributed by atoms with van der Waals surface area (Å²) in [6, 6.07) is 2.82. The third kappa shape index (κ3) is 3.98. The Morgan fingerprint density at radius 1 is 1.23 bits per heavy atom. The summed E-state index contributed by atoms with van der Waals surface area (Å²) in [5.41, 5.74) is 1.77. The Kier molecular flexibility index (Phi) is 5.44. The average molecular weight is 359 g/mol. The van der Waals surface area contributed by atoms with Gasteiger partial charge in [-0.15, -0.1) is 0 Å². The Bertz CT molecular complexity index is 767. The second-order valence-corrected chi connectivity index (χ2v) is 6.83. The molecule has 1 aliphatic rings. The molecule has 1 N–H and O–H groups in total. The summed E-state index contributed by atoms with van der Waals surface area (Å²) < 4.78 is 10.8. The minimum absolute atomic E-state index is 0.0412. The Morgan fingerprint density at radius 2 is 1.96 bits per heavy atom. The van der Waals surface area contributed by atoms with Crippen molar-refractivity contribution >= 4 is 11.8 Å². The SMILES string of the molecule is Cc1noc(C)c1Cc1ccc(C(=O)NC(C)C(=O)N2CCCCC2)o1. The number of piperidine rings is 1. The van der Waals surface area contributed by atoms with Crippen molar-refractivity contribution in [1.82, 2.24) is 15.4 Å². The molecule has 3 heterocycles. The zero-order chi connectivity index (χ0) is 18.7. The van der Waals surface area contributed by atoms with Crippen LogP contribution in [0.3, 0.4) is 0 Å². The lowest BCUT2D eigenvalue weighted by molar-refractivity contribution is -0.133. The van der Waals surface area contributed by atoms with Gasteiger partial charge in [-0.25, -0.2) is 0 Å². The Balaban J connectivity index is 1.60. The Hall–Kier alpha value is -2.57. The highest BCUT2D eigenvalue weighted by Crippen LogP contribution is 2.19. The van der Waals surface area contributed by atoms with Crippen LogP contribution in [0.25, 0.3) is 0 Å². The smallest absolute Gasteiger partial charge is 0.287 e. The van der Waals surface area contributed by atoms with E-state index in [2.05, 4.69) is 10.5 Å². The van der Waals surface area contributed by atoms with Crippen molar-refractivity contribution in [3.8, 4) is 0 Å². The van der Waals surface area contributed by atoms with Crippen LogP contribution < -0.4 is 5.32 Å². The number of nitrogens with one attached hydrogen (secondary N) is 1. The van der Waals surface area contributed by atoms with Crippen molar-refractivity contribution < 1.29 is 18.5 Å². The fourth-order valence-electron chi connectivity index (χ4n) is 3.24. The van der Waals surface area contributed by atoms with Gasteiger partial charge in [0.1, 0.15) is 17.6 Å². The predicted molar refractivity (Wildman–Crippen MR) is 94.9 cm³/mol. The first-order valence-corrected chi connectivity index (χ1v) is 9.06. The second kappa shape index (κ2) is 7.76. The number of amides is 2. The topological polar surface area (TPSA) is 88.6 Å². The van der Waals surface area contributed by atoms with Crippen LogP contribution in [0.15, 0.2) is 21.1 Å². The van der Waals surface area contributed by atoms with E-state index in [-0.39, 0.29) is 17.6 Å². The highest BCUT2D eigenvalue weighted by molar-refractivity contribution is 5.95. The van der Waals surface area contributed by atoms with Gasteiger partial charge in [0.25, 0.3) is 5.91 Å². The van der Waals surface area contributed by atoms with E-state index >= 15 is 0 Å². The van der Waals surface area contributed by atoms with E-state index in [9.17, 15) is 9.59 Å². The zero-order valence-corrected chi connectivity index (χ0v) is 15.5. The third-order valence-corrected chi connectivity index (χ3v) is 4.80. The standard InChI is InChI=1S/C19H25N3O4/c1-12-16(14(3)26-21-12)11-15-7-8-17(25-15)18(23)20-13(2)19(24)22-9-5-4-6-10-22/h7-8,13H,4-6,9-11H2,1-3H3,(H,20,23). The van der Waals surface area contributed by atoms with Crippen LogP contribution in [0.4, 0.5) is 0 Å². The molecule has 1 saturated heterocycles. The van der Waals surface area contributed by atoms with Gasteiger partial charge < -0.3 is 19.2 Å². The molecule has 1 fully saturated rings. The largest absolute Gasteiger partial charge is 0.456 e. The first-order valence-electron chi connectivity index (χ1n) is 9.06. The molecule has 7 heteroatoms. The van der Waals surface area contributed by atoms with E-state index in [0.29, 0.717) is 12.2 Å². The van der Waals surface area contributed by atoms with Crippen LogP contribution in [0, 0.1) is 13.8 Å². The molecule has 0 saturated carbocycles. The van der Waals surface area contributed by atoms with Crippen molar-refractivity contribution in [2.45, 2.75) is 52.5 Å². The quantitative estimate of drug-likeness (QED) is 0.886. The summed E-state index contributed by atoms with van der Waals surface area (Å²) in [7, 11) is 0. The molecule has 26 heavy (non-hydrogen) atoms. The lowest BCUT2D eigenvalue weighted by Gasteiger charge is -2.29. The number of rotatable bonds is 5. The van der Waals surface area contributed by atoms with Crippen molar-refractivity contribution in [3.63, 3.8) is 0 Å². The van der Waals surface area contributed by atoms with Crippen molar-refractivity contribution in [1.29, 1.82) is 0 Å². The van der Waals surface area contributed by atoms with Gasteiger partial charge in [0.05, 0.1) is 5.69 Å². The van der Waals surface area contributed by atoms with E-state index in [1.807, 2.05) is 18.7 Å². The van der Waals surface area contributed by atoms with Gasteiger partial charge in [-0.1, -0.05) is 5.16 Å². The monoisotopic (exact) mass is 359 g/mol. The van der Waals surface area contributed by atoms with Crippen LogP contribution in [0.2, 0.25) is 0 Å². The zero-order valence-electron chi connectivity index (χ0n) is 15.5. The number of hydrogen-bond donors (Lipinski definition) is 1. The first kappa shape index (κ1) is 18.2. The molecular formula is C19H25N3O4. The fourth-order valence-corrected chi connectivity index (χ4v) is 3.24. The predicted octanol–water partition coefficient (Wildman–Crippen LogP) is 2.61. The molecule has 0 aliphatic carbocycles.